The minimum absolute atomic E-state index is 0.278. The first kappa shape index (κ1) is 17.0. The molecule has 0 bridgehead atoms. The van der Waals surface area contributed by atoms with Crippen LogP contribution in [0.5, 0.6) is 0 Å². The summed E-state index contributed by atoms with van der Waals surface area (Å²) in [7, 11) is 1.68. The summed E-state index contributed by atoms with van der Waals surface area (Å²) >= 11 is 0. The van der Waals surface area contributed by atoms with E-state index in [0.29, 0.717) is 12.6 Å². The molecule has 23 heavy (non-hydrogen) atoms. The zero-order valence-corrected chi connectivity index (χ0v) is 14.2. The van der Waals surface area contributed by atoms with Crippen molar-refractivity contribution in [2.75, 3.05) is 33.4 Å². The average Bonchev–Trinajstić information content (AvgIpc) is 3.21. The van der Waals surface area contributed by atoms with Crippen LogP contribution in [0.1, 0.15) is 43.6 Å². The van der Waals surface area contributed by atoms with Gasteiger partial charge in [0.25, 0.3) is 0 Å². The van der Waals surface area contributed by atoms with Gasteiger partial charge < -0.3 is 14.3 Å². The van der Waals surface area contributed by atoms with Gasteiger partial charge in [0.05, 0.1) is 6.54 Å². The van der Waals surface area contributed by atoms with Crippen molar-refractivity contribution in [2.24, 2.45) is 0 Å². The minimum Gasteiger partial charge on any atom is -0.462 e. The standard InChI is InChI=1S/C18H30N2O3/c1-22-14-18-7-6-17(23-18)13-19-9-10-20(15-4-2-3-5-15)16(12-19)8-11-21/h6-7,15-16,21H,2-5,8-14H2,1H3. The summed E-state index contributed by atoms with van der Waals surface area (Å²) in [6.07, 6.45) is 6.28. The maximum atomic E-state index is 9.44. The predicted octanol–water partition coefficient (Wildman–Crippen LogP) is 2.24. The number of hydrogen-bond donors (Lipinski definition) is 1. The number of furan rings is 1. The summed E-state index contributed by atoms with van der Waals surface area (Å²) in [6, 6.07) is 5.27. The second-order valence-corrected chi connectivity index (χ2v) is 6.88. The topological polar surface area (TPSA) is 49.1 Å². The smallest absolute Gasteiger partial charge is 0.129 e. The first-order chi connectivity index (χ1) is 11.3. The van der Waals surface area contributed by atoms with Gasteiger partial charge in [0.15, 0.2) is 0 Å². The molecular formula is C18H30N2O3. The van der Waals surface area contributed by atoms with Gasteiger partial charge in [0.1, 0.15) is 18.1 Å². The third kappa shape index (κ3) is 4.35. The molecule has 2 aliphatic rings. The van der Waals surface area contributed by atoms with Gasteiger partial charge in [-0.1, -0.05) is 12.8 Å². The number of aliphatic hydroxyl groups excluding tert-OH is 1. The number of hydrogen-bond acceptors (Lipinski definition) is 5. The highest BCUT2D eigenvalue weighted by Crippen LogP contribution is 2.28. The van der Waals surface area contributed by atoms with Crippen LogP contribution in [0, 0.1) is 0 Å². The van der Waals surface area contributed by atoms with E-state index in [1.54, 1.807) is 7.11 Å². The van der Waals surface area contributed by atoms with Gasteiger partial charge in [-0.3, -0.25) is 9.80 Å². The van der Waals surface area contributed by atoms with E-state index in [2.05, 4.69) is 15.9 Å². The van der Waals surface area contributed by atoms with E-state index in [0.717, 1.165) is 50.2 Å². The molecule has 130 valence electrons. The van der Waals surface area contributed by atoms with Crippen molar-refractivity contribution in [3.05, 3.63) is 23.7 Å². The lowest BCUT2D eigenvalue weighted by Crippen LogP contribution is -2.55. The van der Waals surface area contributed by atoms with E-state index >= 15 is 0 Å². The van der Waals surface area contributed by atoms with E-state index in [1.165, 1.54) is 25.7 Å². The maximum absolute atomic E-state index is 9.44. The number of nitrogens with zero attached hydrogens (tertiary/aromatic N) is 2. The summed E-state index contributed by atoms with van der Waals surface area (Å²) < 4.78 is 10.9. The summed E-state index contributed by atoms with van der Waals surface area (Å²) in [4.78, 5) is 5.12. The van der Waals surface area contributed by atoms with Crippen LogP contribution >= 0.6 is 0 Å². The number of methoxy groups -OCH3 is 1. The molecule has 5 heteroatoms. The van der Waals surface area contributed by atoms with Gasteiger partial charge in [0, 0.05) is 45.4 Å². The SMILES string of the molecule is COCc1ccc(CN2CCN(C3CCCC3)C(CCO)C2)o1. The van der Waals surface area contributed by atoms with Crippen LogP contribution in [0.15, 0.2) is 16.5 Å². The van der Waals surface area contributed by atoms with Crippen molar-refractivity contribution in [1.29, 1.82) is 0 Å². The van der Waals surface area contributed by atoms with Crippen molar-refractivity contribution in [1.82, 2.24) is 9.80 Å². The highest BCUT2D eigenvalue weighted by atomic mass is 16.5. The van der Waals surface area contributed by atoms with Crippen molar-refractivity contribution in [3.8, 4) is 0 Å². The monoisotopic (exact) mass is 322 g/mol. The van der Waals surface area contributed by atoms with Gasteiger partial charge >= 0.3 is 0 Å². The molecule has 0 amide bonds. The Bertz CT molecular complexity index is 471. The first-order valence-electron chi connectivity index (χ1n) is 8.95. The Labute approximate surface area is 139 Å². The van der Waals surface area contributed by atoms with Crippen LogP contribution in [0.25, 0.3) is 0 Å². The van der Waals surface area contributed by atoms with Crippen molar-refractivity contribution in [2.45, 2.75) is 57.3 Å². The van der Waals surface area contributed by atoms with E-state index < -0.39 is 0 Å². The maximum Gasteiger partial charge on any atom is 0.129 e. The summed E-state index contributed by atoms with van der Waals surface area (Å²) in [5.41, 5.74) is 0. The lowest BCUT2D eigenvalue weighted by Gasteiger charge is -2.44. The quantitative estimate of drug-likeness (QED) is 0.834. The van der Waals surface area contributed by atoms with Gasteiger partial charge in [-0.2, -0.15) is 0 Å². The molecule has 1 atom stereocenters. The molecule has 1 unspecified atom stereocenters. The van der Waals surface area contributed by atoms with Crippen LogP contribution in [0.2, 0.25) is 0 Å². The molecule has 3 rings (SSSR count). The Morgan fingerprint density at radius 1 is 1.22 bits per heavy atom. The molecule has 1 aromatic heterocycles. The van der Waals surface area contributed by atoms with Gasteiger partial charge in [-0.05, 0) is 31.4 Å². The fourth-order valence-corrected chi connectivity index (χ4v) is 4.15. The highest BCUT2D eigenvalue weighted by Gasteiger charge is 2.33. The van der Waals surface area contributed by atoms with Gasteiger partial charge in [-0.15, -0.1) is 0 Å². The third-order valence-electron chi connectivity index (χ3n) is 5.25. The molecule has 2 fully saturated rings. The highest BCUT2D eigenvalue weighted by molar-refractivity contribution is 5.07. The normalized spacial score (nSPS) is 24.5. The van der Waals surface area contributed by atoms with Crippen LogP contribution < -0.4 is 0 Å². The fourth-order valence-electron chi connectivity index (χ4n) is 4.15. The second kappa shape index (κ2) is 8.29. The molecule has 1 saturated heterocycles. The van der Waals surface area contributed by atoms with Crippen LogP contribution in [-0.4, -0.2) is 60.3 Å². The first-order valence-corrected chi connectivity index (χ1v) is 8.95. The Hall–Kier alpha value is -0.880. The molecule has 5 nitrogen and oxygen atoms in total. The Morgan fingerprint density at radius 2 is 2.00 bits per heavy atom. The number of piperazine rings is 1. The lowest BCUT2D eigenvalue weighted by molar-refractivity contribution is 0.0239. The minimum atomic E-state index is 0.278. The molecule has 0 spiro atoms. The van der Waals surface area contributed by atoms with Crippen molar-refractivity contribution >= 4 is 0 Å². The Balaban J connectivity index is 1.57. The van der Waals surface area contributed by atoms with Gasteiger partial charge in [0.2, 0.25) is 0 Å². The molecule has 1 saturated carbocycles. The molecule has 0 radical (unpaired) electrons. The molecular weight excluding hydrogens is 292 g/mol. The lowest BCUT2D eigenvalue weighted by atomic mass is 10.0. The molecule has 1 N–H and O–H groups in total. The van der Waals surface area contributed by atoms with E-state index in [4.69, 9.17) is 9.15 Å². The van der Waals surface area contributed by atoms with Crippen molar-refractivity contribution < 1.29 is 14.3 Å². The summed E-state index contributed by atoms with van der Waals surface area (Å²) in [5, 5.41) is 9.44. The second-order valence-electron chi connectivity index (χ2n) is 6.88. The molecule has 1 aromatic rings. The molecule has 2 heterocycles. The average molecular weight is 322 g/mol. The number of ether oxygens (including phenoxy) is 1. The van der Waals surface area contributed by atoms with Crippen LogP contribution in [-0.2, 0) is 17.9 Å². The molecule has 1 aliphatic heterocycles. The van der Waals surface area contributed by atoms with E-state index in [1.807, 2.05) is 6.07 Å². The van der Waals surface area contributed by atoms with Crippen LogP contribution in [0.3, 0.4) is 0 Å². The zero-order chi connectivity index (χ0) is 16.1. The molecule has 1 aliphatic carbocycles. The number of aliphatic hydroxyl groups is 1. The van der Waals surface area contributed by atoms with E-state index in [9.17, 15) is 5.11 Å². The fraction of sp³-hybridized carbons (Fsp3) is 0.778. The van der Waals surface area contributed by atoms with Crippen LogP contribution in [0.4, 0.5) is 0 Å². The summed E-state index contributed by atoms with van der Waals surface area (Å²) in [5.74, 6) is 1.90. The zero-order valence-electron chi connectivity index (χ0n) is 14.2. The Kier molecular flexibility index (Phi) is 6.11. The third-order valence-corrected chi connectivity index (χ3v) is 5.25. The largest absolute Gasteiger partial charge is 0.462 e. The Morgan fingerprint density at radius 3 is 2.74 bits per heavy atom. The molecule has 0 aromatic carbocycles. The van der Waals surface area contributed by atoms with Gasteiger partial charge in [-0.25, -0.2) is 0 Å². The van der Waals surface area contributed by atoms with E-state index in [-0.39, 0.29) is 6.61 Å². The predicted molar refractivity (Wildman–Crippen MR) is 89.2 cm³/mol. The number of rotatable bonds is 7. The van der Waals surface area contributed by atoms with Crippen molar-refractivity contribution in [3.63, 3.8) is 0 Å². The summed E-state index contributed by atoms with van der Waals surface area (Å²) in [6.45, 7) is 4.88.